The fourth-order valence-electron chi connectivity index (χ4n) is 4.99. The summed E-state index contributed by atoms with van der Waals surface area (Å²) in [7, 11) is 0. The highest BCUT2D eigenvalue weighted by Gasteiger charge is 2.46. The van der Waals surface area contributed by atoms with Crippen LogP contribution in [0.5, 0.6) is 0 Å². The van der Waals surface area contributed by atoms with Crippen LogP contribution in [0.1, 0.15) is 50.8 Å². The van der Waals surface area contributed by atoms with Crippen LogP contribution in [0.2, 0.25) is 0 Å². The van der Waals surface area contributed by atoms with Gasteiger partial charge in [-0.1, -0.05) is 18.0 Å². The highest BCUT2D eigenvalue weighted by Crippen LogP contribution is 2.46. The molecule has 1 atom stereocenters. The van der Waals surface area contributed by atoms with E-state index in [1.165, 1.54) is 25.0 Å². The quantitative estimate of drug-likeness (QED) is 0.742. The molecular formula is C23H28FN3O3. The molecule has 1 aromatic heterocycles. The normalized spacial score (nSPS) is 25.4. The molecule has 160 valence electrons. The van der Waals surface area contributed by atoms with Crippen LogP contribution in [0.25, 0.3) is 11.5 Å². The number of likely N-dealkylation sites (tertiary alicyclic amines) is 1. The van der Waals surface area contributed by atoms with Crippen LogP contribution in [0.4, 0.5) is 4.39 Å². The van der Waals surface area contributed by atoms with Crippen molar-refractivity contribution in [2.75, 3.05) is 26.3 Å². The molecule has 5 rings (SSSR count). The maximum atomic E-state index is 13.3. The van der Waals surface area contributed by atoms with Gasteiger partial charge in [-0.3, -0.25) is 4.79 Å². The molecule has 3 aliphatic rings. The first-order valence-electron chi connectivity index (χ1n) is 11.1. The zero-order valence-electron chi connectivity index (χ0n) is 17.2. The number of carbonyl (C=O) groups excluding carboxylic acids is 1. The van der Waals surface area contributed by atoms with E-state index in [1.807, 2.05) is 4.90 Å². The van der Waals surface area contributed by atoms with E-state index < -0.39 is 0 Å². The second-order valence-electron chi connectivity index (χ2n) is 9.11. The molecule has 2 aromatic rings. The van der Waals surface area contributed by atoms with Crippen LogP contribution in [-0.2, 0) is 14.9 Å². The Morgan fingerprint density at radius 3 is 2.67 bits per heavy atom. The third-order valence-corrected chi connectivity index (χ3v) is 6.83. The standard InChI is InChI=1S/C23H28FN3O3/c24-19-6-4-17(5-7-19)20-25-22(26-30-20)23(14-16-2-3-16)10-1-11-27(15-23)21(28)18-8-12-29-13-9-18/h4-7,16,18H,1-3,8-15H2. The molecule has 3 heterocycles. The molecule has 0 radical (unpaired) electrons. The first kappa shape index (κ1) is 19.7. The predicted octanol–water partition coefficient (Wildman–Crippen LogP) is 3.96. The first-order valence-corrected chi connectivity index (χ1v) is 11.1. The Labute approximate surface area is 175 Å². The molecule has 1 aliphatic carbocycles. The van der Waals surface area contributed by atoms with E-state index in [4.69, 9.17) is 14.2 Å². The van der Waals surface area contributed by atoms with Crippen molar-refractivity contribution in [1.82, 2.24) is 15.0 Å². The lowest BCUT2D eigenvalue weighted by Crippen LogP contribution is -2.51. The van der Waals surface area contributed by atoms with E-state index >= 15 is 0 Å². The molecule has 1 amide bonds. The Hall–Kier alpha value is -2.28. The maximum Gasteiger partial charge on any atom is 0.257 e. The minimum Gasteiger partial charge on any atom is -0.381 e. The fourth-order valence-corrected chi connectivity index (χ4v) is 4.99. The molecule has 6 nitrogen and oxygen atoms in total. The van der Waals surface area contributed by atoms with Crippen molar-refractivity contribution in [3.8, 4) is 11.5 Å². The number of benzene rings is 1. The average molecular weight is 413 g/mol. The van der Waals surface area contributed by atoms with Crippen molar-refractivity contribution in [3.63, 3.8) is 0 Å². The monoisotopic (exact) mass is 413 g/mol. The first-order chi connectivity index (χ1) is 14.6. The second-order valence-corrected chi connectivity index (χ2v) is 9.11. The van der Waals surface area contributed by atoms with Gasteiger partial charge in [0.1, 0.15) is 5.82 Å². The van der Waals surface area contributed by atoms with Gasteiger partial charge in [0.2, 0.25) is 5.91 Å². The van der Waals surface area contributed by atoms with Gasteiger partial charge in [-0.2, -0.15) is 4.98 Å². The number of hydrogen-bond donors (Lipinski definition) is 0. The van der Waals surface area contributed by atoms with Crippen LogP contribution in [0.3, 0.4) is 0 Å². The average Bonchev–Trinajstić information content (AvgIpc) is 3.45. The van der Waals surface area contributed by atoms with Gasteiger partial charge >= 0.3 is 0 Å². The van der Waals surface area contributed by atoms with Gasteiger partial charge in [0.25, 0.3) is 5.89 Å². The van der Waals surface area contributed by atoms with Crippen molar-refractivity contribution in [3.05, 3.63) is 35.9 Å². The largest absolute Gasteiger partial charge is 0.381 e. The number of halogens is 1. The summed E-state index contributed by atoms with van der Waals surface area (Å²) in [4.78, 5) is 20.0. The highest BCUT2D eigenvalue weighted by molar-refractivity contribution is 5.79. The Morgan fingerprint density at radius 2 is 1.93 bits per heavy atom. The molecule has 0 bridgehead atoms. The molecule has 7 heteroatoms. The molecule has 1 aromatic carbocycles. The van der Waals surface area contributed by atoms with E-state index in [1.54, 1.807) is 12.1 Å². The minimum absolute atomic E-state index is 0.0653. The summed E-state index contributed by atoms with van der Waals surface area (Å²) in [6, 6.07) is 6.10. The Balaban J connectivity index is 1.40. The summed E-state index contributed by atoms with van der Waals surface area (Å²) < 4.78 is 24.3. The number of amides is 1. The summed E-state index contributed by atoms with van der Waals surface area (Å²) in [5.74, 6) is 1.80. The SMILES string of the molecule is O=C(C1CCOCC1)N1CCCC(CC2CC2)(c2noc(-c3ccc(F)cc3)n2)C1. The number of ether oxygens (including phenoxy) is 1. The smallest absolute Gasteiger partial charge is 0.257 e. The van der Waals surface area contributed by atoms with Crippen LogP contribution in [0, 0.1) is 17.7 Å². The van der Waals surface area contributed by atoms with Crippen LogP contribution < -0.4 is 0 Å². The van der Waals surface area contributed by atoms with E-state index in [0.717, 1.165) is 38.6 Å². The lowest BCUT2D eigenvalue weighted by atomic mass is 9.74. The lowest BCUT2D eigenvalue weighted by Gasteiger charge is -2.42. The van der Waals surface area contributed by atoms with E-state index in [-0.39, 0.29) is 23.1 Å². The third-order valence-electron chi connectivity index (χ3n) is 6.83. The van der Waals surface area contributed by atoms with E-state index in [9.17, 15) is 9.18 Å². The van der Waals surface area contributed by atoms with Gasteiger partial charge in [0, 0.05) is 37.8 Å². The Kier molecular flexibility index (Phi) is 5.31. The van der Waals surface area contributed by atoms with Gasteiger partial charge in [0.05, 0.1) is 5.41 Å². The van der Waals surface area contributed by atoms with Crippen LogP contribution in [0.15, 0.2) is 28.8 Å². The molecule has 30 heavy (non-hydrogen) atoms. The van der Waals surface area contributed by atoms with Crippen LogP contribution in [-0.4, -0.2) is 47.3 Å². The number of carbonyl (C=O) groups is 1. The topological polar surface area (TPSA) is 68.5 Å². The number of piperidine rings is 1. The molecular weight excluding hydrogens is 385 g/mol. The summed E-state index contributed by atoms with van der Waals surface area (Å²) in [5.41, 5.74) is 0.449. The molecule has 0 N–H and O–H groups in total. The molecule has 0 spiro atoms. The van der Waals surface area contributed by atoms with Crippen LogP contribution >= 0.6 is 0 Å². The highest BCUT2D eigenvalue weighted by atomic mass is 19.1. The third kappa shape index (κ3) is 4.00. The van der Waals surface area contributed by atoms with Crippen molar-refractivity contribution >= 4 is 5.91 Å². The Bertz CT molecular complexity index is 889. The fraction of sp³-hybridized carbons (Fsp3) is 0.609. The van der Waals surface area contributed by atoms with E-state index in [2.05, 4.69) is 5.16 Å². The molecule has 3 fully saturated rings. The molecule has 2 aliphatic heterocycles. The number of rotatable bonds is 5. The maximum absolute atomic E-state index is 13.3. The number of hydrogen-bond acceptors (Lipinski definition) is 5. The molecule has 1 saturated carbocycles. The summed E-state index contributed by atoms with van der Waals surface area (Å²) >= 11 is 0. The number of aromatic nitrogens is 2. The van der Waals surface area contributed by atoms with E-state index in [0.29, 0.717) is 43.0 Å². The van der Waals surface area contributed by atoms with Gasteiger partial charge in [0.15, 0.2) is 5.82 Å². The zero-order chi connectivity index (χ0) is 20.6. The number of nitrogens with zero attached hydrogens (tertiary/aromatic N) is 3. The van der Waals surface area contributed by atoms with Crippen molar-refractivity contribution in [2.24, 2.45) is 11.8 Å². The van der Waals surface area contributed by atoms with Crippen molar-refractivity contribution in [1.29, 1.82) is 0 Å². The van der Waals surface area contributed by atoms with Gasteiger partial charge in [-0.25, -0.2) is 4.39 Å². The second kappa shape index (κ2) is 8.10. The predicted molar refractivity (Wildman–Crippen MR) is 108 cm³/mol. The minimum atomic E-state index is -0.293. The summed E-state index contributed by atoms with van der Waals surface area (Å²) in [5, 5.41) is 4.36. The van der Waals surface area contributed by atoms with Crippen molar-refractivity contribution < 1.29 is 18.4 Å². The molecule has 1 unspecified atom stereocenters. The van der Waals surface area contributed by atoms with Crippen molar-refractivity contribution in [2.45, 2.75) is 50.4 Å². The molecule has 2 saturated heterocycles. The summed E-state index contributed by atoms with van der Waals surface area (Å²) in [6.45, 7) is 2.79. The zero-order valence-corrected chi connectivity index (χ0v) is 17.2. The van der Waals surface area contributed by atoms with Gasteiger partial charge < -0.3 is 14.2 Å². The lowest BCUT2D eigenvalue weighted by molar-refractivity contribution is -0.141. The summed E-state index contributed by atoms with van der Waals surface area (Å²) in [6.07, 6.45) is 6.99. The Morgan fingerprint density at radius 1 is 1.17 bits per heavy atom. The van der Waals surface area contributed by atoms with Gasteiger partial charge in [-0.15, -0.1) is 0 Å². The van der Waals surface area contributed by atoms with Gasteiger partial charge in [-0.05, 0) is 62.3 Å².